The van der Waals surface area contributed by atoms with Crippen LogP contribution in [0.3, 0.4) is 0 Å². The van der Waals surface area contributed by atoms with E-state index in [2.05, 4.69) is 25.2 Å². The summed E-state index contributed by atoms with van der Waals surface area (Å²) in [5.74, 6) is 1.28. The van der Waals surface area contributed by atoms with Crippen LogP contribution in [0.1, 0.15) is 35.4 Å². The molecular weight excluding hydrogens is 514 g/mol. The third kappa shape index (κ3) is 5.24. The maximum Gasteiger partial charge on any atom is 0.300 e. The maximum absolute atomic E-state index is 13.3. The smallest absolute Gasteiger partial charge is 0.300 e. The van der Waals surface area contributed by atoms with E-state index in [9.17, 15) is 4.79 Å². The van der Waals surface area contributed by atoms with Crippen molar-refractivity contribution in [2.45, 2.75) is 32.3 Å². The van der Waals surface area contributed by atoms with Gasteiger partial charge in [0.05, 0.1) is 25.0 Å². The number of ether oxygens (including phenoxy) is 2. The highest BCUT2D eigenvalue weighted by molar-refractivity contribution is 6.05. The molecule has 1 N–H and O–H groups in total. The number of hydrogen-bond donors (Lipinski definition) is 1. The zero-order valence-electron chi connectivity index (χ0n) is 22.3. The Kier molecular flexibility index (Phi) is 6.56. The topological polar surface area (TPSA) is 132 Å². The van der Waals surface area contributed by atoms with Crippen LogP contribution in [0.2, 0.25) is 0 Å². The van der Waals surface area contributed by atoms with Crippen LogP contribution in [-0.4, -0.2) is 77.9 Å². The van der Waals surface area contributed by atoms with Crippen molar-refractivity contribution in [3.8, 4) is 11.5 Å². The molecule has 1 atom stereocenters. The molecule has 12 nitrogen and oxygen atoms in total. The maximum atomic E-state index is 13.3. The van der Waals surface area contributed by atoms with Gasteiger partial charge in [0.1, 0.15) is 6.26 Å². The van der Waals surface area contributed by atoms with Crippen molar-refractivity contribution >= 4 is 34.7 Å². The average molecular weight is 546 g/mol. The van der Waals surface area contributed by atoms with E-state index >= 15 is 0 Å². The highest BCUT2D eigenvalue weighted by atomic mass is 16.5. The molecule has 1 aliphatic carbocycles. The SMILES string of the molecule is Cc1cc(-c2nc(C(=O)Nc3cc4oc(N5CCOCC5)nc4nc3N3CCC(OCC4CC4)C3)co2)ccn1. The molecule has 2 saturated heterocycles. The molecular formula is C28H31N7O5. The van der Waals surface area contributed by atoms with Crippen LogP contribution in [0.4, 0.5) is 17.5 Å². The van der Waals surface area contributed by atoms with Crippen LogP contribution in [-0.2, 0) is 9.47 Å². The Labute approximate surface area is 230 Å². The molecule has 4 aromatic heterocycles. The molecule has 0 aromatic carbocycles. The number of rotatable bonds is 8. The van der Waals surface area contributed by atoms with Gasteiger partial charge in [-0.2, -0.15) is 4.98 Å². The van der Waals surface area contributed by atoms with E-state index in [1.165, 1.54) is 19.1 Å². The lowest BCUT2D eigenvalue weighted by Crippen LogP contribution is -2.36. The van der Waals surface area contributed by atoms with Crippen LogP contribution >= 0.6 is 0 Å². The minimum absolute atomic E-state index is 0.129. The molecule has 7 rings (SSSR count). The number of carbonyl (C=O) groups is 1. The van der Waals surface area contributed by atoms with E-state index in [4.69, 9.17) is 23.3 Å². The molecule has 40 heavy (non-hydrogen) atoms. The fourth-order valence-electron chi connectivity index (χ4n) is 5.05. The van der Waals surface area contributed by atoms with Crippen molar-refractivity contribution in [2.75, 3.05) is 61.1 Å². The fourth-order valence-corrected chi connectivity index (χ4v) is 5.05. The van der Waals surface area contributed by atoms with Crippen molar-refractivity contribution in [2.24, 2.45) is 5.92 Å². The number of carbonyl (C=O) groups excluding carboxylic acids is 1. The minimum Gasteiger partial charge on any atom is -0.444 e. The van der Waals surface area contributed by atoms with E-state index in [-0.39, 0.29) is 11.8 Å². The first-order valence-electron chi connectivity index (χ1n) is 13.8. The van der Waals surface area contributed by atoms with E-state index < -0.39 is 5.91 Å². The first-order valence-corrected chi connectivity index (χ1v) is 13.8. The Hall–Kier alpha value is -4.03. The molecule has 208 valence electrons. The molecule has 6 heterocycles. The van der Waals surface area contributed by atoms with Crippen molar-refractivity contribution in [3.63, 3.8) is 0 Å². The van der Waals surface area contributed by atoms with E-state index in [1.54, 1.807) is 18.3 Å². The highest BCUT2D eigenvalue weighted by Gasteiger charge is 2.30. The number of nitrogens with one attached hydrogen (secondary N) is 1. The molecule has 2 aliphatic heterocycles. The summed E-state index contributed by atoms with van der Waals surface area (Å²) in [5.41, 5.74) is 3.26. The second-order valence-electron chi connectivity index (χ2n) is 10.6. The molecule has 1 unspecified atom stereocenters. The summed E-state index contributed by atoms with van der Waals surface area (Å²) in [7, 11) is 0. The molecule has 0 bridgehead atoms. The van der Waals surface area contributed by atoms with Crippen molar-refractivity contribution in [1.29, 1.82) is 0 Å². The molecule has 0 radical (unpaired) electrons. The summed E-state index contributed by atoms with van der Waals surface area (Å²) >= 11 is 0. The number of aryl methyl sites for hydroxylation is 1. The molecule has 3 fully saturated rings. The minimum atomic E-state index is -0.406. The Morgan fingerprint density at radius 3 is 2.80 bits per heavy atom. The van der Waals surface area contributed by atoms with Gasteiger partial charge in [-0.15, -0.1) is 0 Å². The summed E-state index contributed by atoms with van der Waals surface area (Å²) < 4.78 is 23.3. The van der Waals surface area contributed by atoms with Gasteiger partial charge >= 0.3 is 0 Å². The number of oxazole rings is 2. The van der Waals surface area contributed by atoms with Crippen LogP contribution in [0, 0.1) is 12.8 Å². The number of nitrogens with zero attached hydrogens (tertiary/aromatic N) is 6. The monoisotopic (exact) mass is 545 g/mol. The molecule has 0 spiro atoms. The number of pyridine rings is 2. The third-order valence-electron chi connectivity index (χ3n) is 7.47. The van der Waals surface area contributed by atoms with Gasteiger partial charge in [0.15, 0.2) is 17.1 Å². The predicted molar refractivity (Wildman–Crippen MR) is 147 cm³/mol. The van der Waals surface area contributed by atoms with Crippen molar-refractivity contribution in [3.05, 3.63) is 42.0 Å². The lowest BCUT2D eigenvalue weighted by atomic mass is 10.2. The summed E-state index contributed by atoms with van der Waals surface area (Å²) in [4.78, 5) is 35.7. The van der Waals surface area contributed by atoms with Crippen LogP contribution < -0.4 is 15.1 Å². The van der Waals surface area contributed by atoms with Gasteiger partial charge in [-0.1, -0.05) is 0 Å². The number of morpholine rings is 1. The fraction of sp³-hybridized carbons (Fsp3) is 0.464. The summed E-state index contributed by atoms with van der Waals surface area (Å²) in [6.07, 6.45) is 6.58. The average Bonchev–Trinajstić information content (AvgIpc) is 3.33. The summed E-state index contributed by atoms with van der Waals surface area (Å²) in [6, 6.07) is 5.94. The predicted octanol–water partition coefficient (Wildman–Crippen LogP) is 3.68. The van der Waals surface area contributed by atoms with Crippen LogP contribution in [0.5, 0.6) is 0 Å². The van der Waals surface area contributed by atoms with Gasteiger partial charge in [0.25, 0.3) is 11.9 Å². The first-order chi connectivity index (χ1) is 19.6. The van der Waals surface area contributed by atoms with E-state index in [1.807, 2.05) is 17.9 Å². The Balaban J connectivity index is 1.17. The highest BCUT2D eigenvalue weighted by Crippen LogP contribution is 2.34. The van der Waals surface area contributed by atoms with Gasteiger partial charge in [0, 0.05) is 56.3 Å². The van der Waals surface area contributed by atoms with Crippen molar-refractivity contribution < 1.29 is 23.1 Å². The lowest BCUT2D eigenvalue weighted by Gasteiger charge is -2.24. The zero-order chi connectivity index (χ0) is 27.1. The molecule has 1 saturated carbocycles. The Bertz CT molecular complexity index is 1520. The molecule has 12 heteroatoms. The normalized spacial score (nSPS) is 19.5. The largest absolute Gasteiger partial charge is 0.444 e. The van der Waals surface area contributed by atoms with Crippen molar-refractivity contribution in [1.82, 2.24) is 19.9 Å². The zero-order valence-corrected chi connectivity index (χ0v) is 22.3. The number of aromatic nitrogens is 4. The lowest BCUT2D eigenvalue weighted by molar-refractivity contribution is 0.0605. The second kappa shape index (κ2) is 10.5. The number of hydrogen-bond acceptors (Lipinski definition) is 11. The van der Waals surface area contributed by atoms with E-state index in [0.29, 0.717) is 73.4 Å². The van der Waals surface area contributed by atoms with Gasteiger partial charge < -0.3 is 33.4 Å². The third-order valence-corrected chi connectivity index (χ3v) is 7.47. The van der Waals surface area contributed by atoms with Gasteiger partial charge in [-0.25, -0.2) is 9.97 Å². The number of anilines is 3. The number of fused-ring (bicyclic) bond motifs is 1. The molecule has 3 aliphatic rings. The first kappa shape index (κ1) is 25.0. The van der Waals surface area contributed by atoms with Gasteiger partial charge in [-0.3, -0.25) is 9.78 Å². The Morgan fingerprint density at radius 2 is 1.98 bits per heavy atom. The summed E-state index contributed by atoms with van der Waals surface area (Å²) in [5, 5.41) is 3.00. The molecule has 1 amide bonds. The summed E-state index contributed by atoms with van der Waals surface area (Å²) in [6.45, 7) is 6.78. The molecule has 4 aromatic rings. The Morgan fingerprint density at radius 1 is 1.10 bits per heavy atom. The van der Waals surface area contributed by atoms with Crippen LogP contribution in [0.15, 0.2) is 39.5 Å². The van der Waals surface area contributed by atoms with Gasteiger partial charge in [-0.05, 0) is 44.2 Å². The van der Waals surface area contributed by atoms with E-state index in [0.717, 1.165) is 30.8 Å². The number of amides is 1. The van der Waals surface area contributed by atoms with Gasteiger partial charge in [0.2, 0.25) is 11.5 Å². The van der Waals surface area contributed by atoms with Crippen LogP contribution in [0.25, 0.3) is 22.7 Å². The standard InChI is InChI=1S/C28H31N7O5/c1-17-12-19(4-6-29-17)27-31-22(16-39-27)26(36)30-21-13-23-24(33-28(40-23)34-8-10-37-11-9-34)32-25(21)35-7-5-20(14-35)38-15-18-2-3-18/h4,6,12-13,16,18,20H,2-3,5,7-11,14-15H2,1H3,(H,30,36). The quantitative estimate of drug-likeness (QED) is 0.348. The second-order valence-corrected chi connectivity index (χ2v) is 10.6.